The highest BCUT2D eigenvalue weighted by molar-refractivity contribution is 5.92. The monoisotopic (exact) mass is 441 g/mol. The summed E-state index contributed by atoms with van der Waals surface area (Å²) in [5.41, 5.74) is 2.85. The second-order valence-corrected chi connectivity index (χ2v) is 8.03. The van der Waals surface area contributed by atoms with Crippen molar-refractivity contribution in [3.8, 4) is 11.1 Å². The van der Waals surface area contributed by atoms with Crippen molar-refractivity contribution in [2.24, 2.45) is 0 Å². The fraction of sp³-hybridized carbons (Fsp3) is 0.409. The summed E-state index contributed by atoms with van der Waals surface area (Å²) in [6.45, 7) is 2.66. The van der Waals surface area contributed by atoms with Crippen LogP contribution in [0.25, 0.3) is 11.1 Å². The SMILES string of the molecule is CC(C)c1nc(N2CCC(NC(=O)c3ccnn3C(F)F)CC2)ncc1-c1ccncc1. The Morgan fingerprint density at radius 3 is 2.50 bits per heavy atom. The molecule has 3 aromatic rings. The number of anilines is 1. The molecule has 8 nitrogen and oxygen atoms in total. The molecule has 0 spiro atoms. The number of amides is 1. The zero-order valence-electron chi connectivity index (χ0n) is 17.9. The normalized spacial score (nSPS) is 14.9. The van der Waals surface area contributed by atoms with Crippen LogP contribution in [0.2, 0.25) is 0 Å². The predicted octanol–water partition coefficient (Wildman–Crippen LogP) is 3.65. The van der Waals surface area contributed by atoms with Crippen LogP contribution in [0.3, 0.4) is 0 Å². The first kappa shape index (κ1) is 21.8. The van der Waals surface area contributed by atoms with Crippen LogP contribution in [0.1, 0.15) is 55.3 Å². The number of nitrogens with zero attached hydrogens (tertiary/aromatic N) is 6. The molecule has 0 bridgehead atoms. The van der Waals surface area contributed by atoms with E-state index in [1.165, 1.54) is 12.3 Å². The van der Waals surface area contributed by atoms with Gasteiger partial charge in [0.1, 0.15) is 5.69 Å². The lowest BCUT2D eigenvalue weighted by Crippen LogP contribution is -2.45. The van der Waals surface area contributed by atoms with Crippen LogP contribution in [-0.2, 0) is 0 Å². The number of nitrogens with one attached hydrogen (secondary N) is 1. The van der Waals surface area contributed by atoms with Gasteiger partial charge < -0.3 is 10.2 Å². The van der Waals surface area contributed by atoms with Gasteiger partial charge in [-0.05, 0) is 42.5 Å². The molecule has 1 aliphatic rings. The first-order chi connectivity index (χ1) is 15.4. The molecule has 3 aromatic heterocycles. The fourth-order valence-electron chi connectivity index (χ4n) is 3.86. The lowest BCUT2D eigenvalue weighted by Gasteiger charge is -2.32. The van der Waals surface area contributed by atoms with Gasteiger partial charge in [0.25, 0.3) is 5.91 Å². The number of carbonyl (C=O) groups excluding carboxylic acids is 1. The van der Waals surface area contributed by atoms with E-state index in [9.17, 15) is 13.6 Å². The third-order valence-corrected chi connectivity index (χ3v) is 5.54. The van der Waals surface area contributed by atoms with Crippen LogP contribution in [0.5, 0.6) is 0 Å². The van der Waals surface area contributed by atoms with E-state index in [-0.39, 0.29) is 17.7 Å². The zero-order chi connectivity index (χ0) is 22.7. The van der Waals surface area contributed by atoms with Gasteiger partial charge in [0.05, 0.1) is 5.69 Å². The highest BCUT2D eigenvalue weighted by Crippen LogP contribution is 2.29. The Balaban J connectivity index is 1.42. The highest BCUT2D eigenvalue weighted by Gasteiger charge is 2.26. The van der Waals surface area contributed by atoms with E-state index in [1.54, 1.807) is 12.4 Å². The molecule has 1 saturated heterocycles. The molecule has 168 valence electrons. The van der Waals surface area contributed by atoms with E-state index >= 15 is 0 Å². The summed E-state index contributed by atoms with van der Waals surface area (Å²) in [6, 6.07) is 5.07. The summed E-state index contributed by atoms with van der Waals surface area (Å²) in [7, 11) is 0. The maximum Gasteiger partial charge on any atom is 0.333 e. The quantitative estimate of drug-likeness (QED) is 0.628. The largest absolute Gasteiger partial charge is 0.348 e. The molecule has 4 heterocycles. The van der Waals surface area contributed by atoms with E-state index in [4.69, 9.17) is 4.98 Å². The Labute approximate surface area is 184 Å². The Kier molecular flexibility index (Phi) is 6.38. The second kappa shape index (κ2) is 9.37. The van der Waals surface area contributed by atoms with Crippen LogP contribution in [-0.4, -0.2) is 49.8 Å². The molecule has 1 amide bonds. The molecule has 1 fully saturated rings. The number of pyridine rings is 1. The second-order valence-electron chi connectivity index (χ2n) is 8.03. The topological polar surface area (TPSA) is 88.8 Å². The summed E-state index contributed by atoms with van der Waals surface area (Å²) in [5.74, 6) is 0.338. The molecule has 0 unspecified atom stereocenters. The molecule has 4 rings (SSSR count). The molecule has 10 heteroatoms. The molecule has 0 radical (unpaired) electrons. The summed E-state index contributed by atoms with van der Waals surface area (Å²) < 4.78 is 26.3. The van der Waals surface area contributed by atoms with Crippen molar-refractivity contribution < 1.29 is 13.6 Å². The Morgan fingerprint density at radius 2 is 1.84 bits per heavy atom. The van der Waals surface area contributed by atoms with Crippen LogP contribution < -0.4 is 10.2 Å². The van der Waals surface area contributed by atoms with Crippen molar-refractivity contribution in [3.63, 3.8) is 0 Å². The van der Waals surface area contributed by atoms with E-state index in [2.05, 4.69) is 39.1 Å². The molecule has 0 saturated carbocycles. The van der Waals surface area contributed by atoms with Gasteiger partial charge in [0.15, 0.2) is 0 Å². The van der Waals surface area contributed by atoms with Crippen LogP contribution in [0.4, 0.5) is 14.7 Å². The minimum absolute atomic E-state index is 0.111. The lowest BCUT2D eigenvalue weighted by molar-refractivity contribution is 0.0506. The van der Waals surface area contributed by atoms with Crippen molar-refractivity contribution in [1.82, 2.24) is 30.0 Å². The Morgan fingerprint density at radius 1 is 1.12 bits per heavy atom. The van der Waals surface area contributed by atoms with Gasteiger partial charge >= 0.3 is 6.55 Å². The average molecular weight is 441 g/mol. The third kappa shape index (κ3) is 4.58. The fourth-order valence-corrected chi connectivity index (χ4v) is 3.86. The summed E-state index contributed by atoms with van der Waals surface area (Å²) in [5, 5.41) is 6.35. The molecular weight excluding hydrogens is 416 g/mol. The lowest BCUT2D eigenvalue weighted by atomic mass is 10.00. The summed E-state index contributed by atoms with van der Waals surface area (Å²) >= 11 is 0. The van der Waals surface area contributed by atoms with Crippen LogP contribution in [0.15, 0.2) is 43.0 Å². The van der Waals surface area contributed by atoms with Gasteiger partial charge in [-0.25, -0.2) is 9.97 Å². The van der Waals surface area contributed by atoms with Gasteiger partial charge in [-0.3, -0.25) is 9.78 Å². The maximum absolute atomic E-state index is 13.0. The summed E-state index contributed by atoms with van der Waals surface area (Å²) in [4.78, 5) is 28.0. The maximum atomic E-state index is 13.0. The van der Waals surface area contributed by atoms with Crippen molar-refractivity contribution >= 4 is 11.9 Å². The third-order valence-electron chi connectivity index (χ3n) is 5.54. The number of carbonyl (C=O) groups is 1. The Bertz CT molecular complexity index is 1060. The molecule has 32 heavy (non-hydrogen) atoms. The van der Waals surface area contributed by atoms with Crippen molar-refractivity contribution in [2.75, 3.05) is 18.0 Å². The molecule has 0 aliphatic carbocycles. The van der Waals surface area contributed by atoms with Crippen molar-refractivity contribution in [2.45, 2.75) is 45.2 Å². The first-order valence-corrected chi connectivity index (χ1v) is 10.6. The number of piperidine rings is 1. The summed E-state index contributed by atoms with van der Waals surface area (Å²) in [6.07, 6.45) is 7.89. The van der Waals surface area contributed by atoms with E-state index < -0.39 is 12.5 Å². The van der Waals surface area contributed by atoms with Gasteiger partial charge in [0.2, 0.25) is 5.95 Å². The van der Waals surface area contributed by atoms with E-state index in [0.29, 0.717) is 36.6 Å². The smallest absolute Gasteiger partial charge is 0.333 e. The van der Waals surface area contributed by atoms with Crippen molar-refractivity contribution in [3.05, 3.63) is 54.4 Å². The number of halogens is 2. The Hall–Kier alpha value is -3.43. The van der Waals surface area contributed by atoms with Crippen LogP contribution >= 0.6 is 0 Å². The minimum Gasteiger partial charge on any atom is -0.348 e. The molecular formula is C22H25F2N7O. The number of rotatable bonds is 6. The number of alkyl halides is 2. The van der Waals surface area contributed by atoms with E-state index in [1.807, 2.05) is 18.3 Å². The van der Waals surface area contributed by atoms with Gasteiger partial charge in [-0.2, -0.15) is 18.6 Å². The molecule has 0 aromatic carbocycles. The van der Waals surface area contributed by atoms with Gasteiger partial charge in [-0.1, -0.05) is 13.8 Å². The number of hydrogen-bond donors (Lipinski definition) is 1. The molecule has 0 atom stereocenters. The predicted molar refractivity (Wildman–Crippen MR) is 116 cm³/mol. The highest BCUT2D eigenvalue weighted by atomic mass is 19.3. The average Bonchev–Trinajstić information content (AvgIpc) is 3.30. The van der Waals surface area contributed by atoms with Gasteiger partial charge in [-0.15, -0.1) is 0 Å². The first-order valence-electron chi connectivity index (χ1n) is 10.6. The number of hydrogen-bond acceptors (Lipinski definition) is 6. The van der Waals surface area contributed by atoms with Gasteiger partial charge in [0, 0.05) is 49.5 Å². The van der Waals surface area contributed by atoms with E-state index in [0.717, 1.165) is 16.8 Å². The zero-order valence-corrected chi connectivity index (χ0v) is 17.9. The molecule has 1 N–H and O–H groups in total. The minimum atomic E-state index is -2.85. The molecule has 1 aliphatic heterocycles. The standard InChI is InChI=1S/C22H25F2N7O/c1-14(2)19-17(15-3-8-25-9-4-15)13-26-22(29-19)30-11-6-16(7-12-30)28-20(32)18-5-10-27-31(18)21(23)24/h3-5,8-10,13-14,16,21H,6-7,11-12H2,1-2H3,(H,28,32). The van der Waals surface area contributed by atoms with Crippen LogP contribution in [0, 0.1) is 0 Å². The number of aromatic nitrogens is 5. The van der Waals surface area contributed by atoms with Crippen molar-refractivity contribution in [1.29, 1.82) is 0 Å².